The maximum Gasteiger partial charge on any atom is 0.274 e. The van der Waals surface area contributed by atoms with Crippen LogP contribution in [0.15, 0.2) is 35.3 Å². The number of benzene rings is 1. The summed E-state index contributed by atoms with van der Waals surface area (Å²) in [5.41, 5.74) is 0.475. The van der Waals surface area contributed by atoms with Crippen LogP contribution >= 0.6 is 11.3 Å². The Morgan fingerprint density at radius 1 is 1.20 bits per heavy atom. The number of nitrogens with zero attached hydrogens (tertiary/aromatic N) is 4. The van der Waals surface area contributed by atoms with Crippen molar-refractivity contribution in [3.05, 3.63) is 62.8 Å². The van der Waals surface area contributed by atoms with Crippen LogP contribution in [0, 0.1) is 5.82 Å². The zero-order chi connectivity index (χ0) is 21.4. The topological polar surface area (TPSA) is 88.3 Å². The Labute approximate surface area is 176 Å². The summed E-state index contributed by atoms with van der Waals surface area (Å²) in [4.78, 5) is 27.3. The molecule has 1 aliphatic heterocycles. The maximum absolute atomic E-state index is 13.1. The van der Waals surface area contributed by atoms with Crippen LogP contribution in [0.5, 0.6) is 5.75 Å². The first kappa shape index (κ1) is 20.2. The second-order valence-corrected chi connectivity index (χ2v) is 8.24. The number of aromatic hydroxyl groups is 1. The zero-order valence-electron chi connectivity index (χ0n) is 16.6. The average molecular weight is 428 g/mol. The van der Waals surface area contributed by atoms with Crippen molar-refractivity contribution in [2.24, 2.45) is 0 Å². The lowest BCUT2D eigenvalue weighted by Gasteiger charge is -2.36. The number of amides is 1. The largest absolute Gasteiger partial charge is 0.503 e. The van der Waals surface area contributed by atoms with Crippen molar-refractivity contribution in [2.75, 3.05) is 6.54 Å². The maximum atomic E-state index is 13.1. The summed E-state index contributed by atoms with van der Waals surface area (Å²) in [6.07, 6.45) is 2.81. The molecule has 0 fully saturated rings. The van der Waals surface area contributed by atoms with E-state index in [1.165, 1.54) is 23.5 Å². The fourth-order valence-electron chi connectivity index (χ4n) is 3.76. The number of carbonyl (C=O) groups is 1. The molecular weight excluding hydrogens is 407 g/mol. The van der Waals surface area contributed by atoms with Gasteiger partial charge in [0, 0.05) is 31.7 Å². The lowest BCUT2D eigenvalue weighted by atomic mass is 10.1. The molecule has 3 aromatic rings. The molecule has 9 heteroatoms. The van der Waals surface area contributed by atoms with E-state index in [0.717, 1.165) is 12.0 Å². The summed E-state index contributed by atoms with van der Waals surface area (Å²) >= 11 is 1.24. The van der Waals surface area contributed by atoms with E-state index in [9.17, 15) is 19.1 Å². The van der Waals surface area contributed by atoms with Gasteiger partial charge in [-0.05, 0) is 31.0 Å². The Balaban J connectivity index is 1.70. The minimum atomic E-state index is -0.634. The molecule has 4 rings (SSSR count). The van der Waals surface area contributed by atoms with Crippen molar-refractivity contribution in [3.8, 4) is 16.3 Å². The van der Waals surface area contributed by atoms with Crippen molar-refractivity contribution < 1.29 is 14.3 Å². The second-order valence-electron chi connectivity index (χ2n) is 7.18. The first-order chi connectivity index (χ1) is 14.4. The lowest BCUT2D eigenvalue weighted by Crippen LogP contribution is -2.48. The van der Waals surface area contributed by atoms with Crippen molar-refractivity contribution in [2.45, 2.75) is 39.3 Å². The number of hydrogen-bond acceptors (Lipinski definition) is 6. The SMILES string of the molecule is CC[C@@H]1Cn2cc(-c3nnc(Cc4ccc(F)cc4)s3)c(=O)c(O)c2C(=O)N1CC. The molecule has 2 aromatic heterocycles. The summed E-state index contributed by atoms with van der Waals surface area (Å²) in [5.74, 6) is -1.21. The van der Waals surface area contributed by atoms with Crippen LogP contribution in [0.2, 0.25) is 0 Å². The third-order valence-corrected chi connectivity index (χ3v) is 6.30. The fourth-order valence-corrected chi connectivity index (χ4v) is 4.64. The molecule has 0 saturated carbocycles. The minimum Gasteiger partial charge on any atom is -0.503 e. The van der Waals surface area contributed by atoms with Crippen LogP contribution in [0.1, 0.15) is 41.3 Å². The molecule has 30 heavy (non-hydrogen) atoms. The molecule has 0 bridgehead atoms. The van der Waals surface area contributed by atoms with E-state index < -0.39 is 11.2 Å². The van der Waals surface area contributed by atoms with E-state index >= 15 is 0 Å². The van der Waals surface area contributed by atoms with Gasteiger partial charge in [-0.3, -0.25) is 9.59 Å². The quantitative estimate of drug-likeness (QED) is 0.675. The third-order valence-electron chi connectivity index (χ3n) is 5.35. The Bertz CT molecular complexity index is 1160. The fraction of sp³-hybridized carbons (Fsp3) is 0.333. The number of likely N-dealkylation sites (N-methyl/N-ethyl adjacent to an activating group) is 1. The van der Waals surface area contributed by atoms with Crippen LogP contribution < -0.4 is 5.43 Å². The normalized spacial score (nSPS) is 16.0. The molecule has 0 radical (unpaired) electrons. The van der Waals surface area contributed by atoms with Gasteiger partial charge in [-0.25, -0.2) is 4.39 Å². The highest BCUT2D eigenvalue weighted by Gasteiger charge is 2.34. The molecule has 1 atom stereocenters. The highest BCUT2D eigenvalue weighted by Crippen LogP contribution is 2.29. The van der Waals surface area contributed by atoms with E-state index in [1.807, 2.05) is 13.8 Å². The molecule has 0 spiro atoms. The first-order valence-electron chi connectivity index (χ1n) is 9.77. The number of rotatable bonds is 5. The van der Waals surface area contributed by atoms with Gasteiger partial charge in [0.05, 0.1) is 5.56 Å². The van der Waals surface area contributed by atoms with E-state index in [0.29, 0.717) is 29.5 Å². The summed E-state index contributed by atoms with van der Waals surface area (Å²) in [6, 6.07) is 6.10. The highest BCUT2D eigenvalue weighted by molar-refractivity contribution is 7.14. The number of fused-ring (bicyclic) bond motifs is 1. The molecule has 3 heterocycles. The van der Waals surface area contributed by atoms with Gasteiger partial charge >= 0.3 is 0 Å². The second kappa shape index (κ2) is 7.98. The molecule has 1 aromatic carbocycles. The van der Waals surface area contributed by atoms with Crippen molar-refractivity contribution in [1.29, 1.82) is 0 Å². The number of aromatic nitrogens is 3. The smallest absolute Gasteiger partial charge is 0.274 e. The average Bonchev–Trinajstić information content (AvgIpc) is 3.20. The van der Waals surface area contributed by atoms with Gasteiger partial charge in [-0.2, -0.15) is 0 Å². The van der Waals surface area contributed by atoms with E-state index in [1.54, 1.807) is 27.8 Å². The van der Waals surface area contributed by atoms with Gasteiger partial charge in [-0.15, -0.1) is 10.2 Å². The third kappa shape index (κ3) is 3.49. The minimum absolute atomic E-state index is 0.00629. The van der Waals surface area contributed by atoms with Gasteiger partial charge in [0.1, 0.15) is 10.8 Å². The summed E-state index contributed by atoms with van der Waals surface area (Å²) in [6.45, 7) is 4.88. The summed E-state index contributed by atoms with van der Waals surface area (Å²) in [7, 11) is 0. The zero-order valence-corrected chi connectivity index (χ0v) is 17.4. The van der Waals surface area contributed by atoms with E-state index in [4.69, 9.17) is 0 Å². The van der Waals surface area contributed by atoms with Gasteiger partial charge in [0.15, 0.2) is 16.5 Å². The highest BCUT2D eigenvalue weighted by atomic mass is 32.1. The van der Waals surface area contributed by atoms with Crippen molar-refractivity contribution in [1.82, 2.24) is 19.7 Å². The number of hydrogen-bond donors (Lipinski definition) is 1. The molecule has 1 amide bonds. The monoisotopic (exact) mass is 428 g/mol. The standard InChI is InChI=1S/C21H21FN4O3S/c1-3-14-10-25-11-15(18(27)19(28)17(25)21(29)26(14)4-2)20-24-23-16(30-20)9-12-5-7-13(22)8-6-12/h5-8,11,14,28H,3-4,9-10H2,1-2H3/t14-/m1/s1. The lowest BCUT2D eigenvalue weighted by molar-refractivity contribution is 0.0593. The van der Waals surface area contributed by atoms with E-state index in [-0.39, 0.29) is 29.0 Å². The summed E-state index contributed by atoms with van der Waals surface area (Å²) < 4.78 is 14.7. The molecule has 156 valence electrons. The van der Waals surface area contributed by atoms with Gasteiger partial charge < -0.3 is 14.6 Å². The summed E-state index contributed by atoms with van der Waals surface area (Å²) in [5, 5.41) is 19.8. The molecular formula is C21H21FN4O3S. The molecule has 1 aliphatic rings. The van der Waals surface area contributed by atoms with Gasteiger partial charge in [-0.1, -0.05) is 30.4 Å². The molecule has 0 unspecified atom stereocenters. The predicted octanol–water partition coefficient (Wildman–Crippen LogP) is 3.06. The molecule has 0 saturated heterocycles. The molecule has 1 N–H and O–H groups in total. The van der Waals surface area contributed by atoms with Crippen LogP contribution in [0.3, 0.4) is 0 Å². The van der Waals surface area contributed by atoms with Crippen LogP contribution in [0.4, 0.5) is 4.39 Å². The Hall–Kier alpha value is -3.07. The first-order valence-corrected chi connectivity index (χ1v) is 10.6. The van der Waals surface area contributed by atoms with E-state index in [2.05, 4.69) is 10.2 Å². The predicted molar refractivity (Wildman–Crippen MR) is 111 cm³/mol. The number of halogens is 1. The van der Waals surface area contributed by atoms with Gasteiger partial charge in [0.2, 0.25) is 5.43 Å². The van der Waals surface area contributed by atoms with Crippen LogP contribution in [-0.4, -0.2) is 43.3 Å². The Morgan fingerprint density at radius 3 is 2.60 bits per heavy atom. The van der Waals surface area contributed by atoms with Gasteiger partial charge in [0.25, 0.3) is 5.91 Å². The van der Waals surface area contributed by atoms with Crippen molar-refractivity contribution >= 4 is 17.2 Å². The Morgan fingerprint density at radius 2 is 1.93 bits per heavy atom. The van der Waals surface area contributed by atoms with Crippen molar-refractivity contribution in [3.63, 3.8) is 0 Å². The van der Waals surface area contributed by atoms with Crippen LogP contribution in [-0.2, 0) is 13.0 Å². The number of carbonyl (C=O) groups excluding carboxylic acids is 1. The number of pyridine rings is 1. The molecule has 7 nitrogen and oxygen atoms in total. The Kier molecular flexibility index (Phi) is 5.38. The molecule has 0 aliphatic carbocycles. The van der Waals surface area contributed by atoms with Crippen LogP contribution in [0.25, 0.3) is 10.6 Å².